The lowest BCUT2D eigenvalue weighted by Crippen LogP contribution is -2.33. The van der Waals surface area contributed by atoms with E-state index in [9.17, 15) is 0 Å². The van der Waals surface area contributed by atoms with Gasteiger partial charge in [-0.1, -0.05) is 71.7 Å². The minimum atomic E-state index is 0.0888. The zero-order valence-electron chi connectivity index (χ0n) is 16.3. The second kappa shape index (κ2) is 7.18. The molecular weight excluding hydrogens is 397 g/mol. The third-order valence-corrected chi connectivity index (χ3v) is 6.52. The minimum absolute atomic E-state index is 0.0888. The maximum Gasteiger partial charge on any atom is 0.0592 e. The SMILES string of the molecule is Cc1ccc2ccc(C)c3c2c1[C@H](c1ccc(Cl)cc1)N[C@H]3c1ccc(Cl)cc1. The first kappa shape index (κ1) is 18.7. The Bertz CT molecular complexity index is 1120. The molecule has 144 valence electrons. The monoisotopic (exact) mass is 417 g/mol. The van der Waals surface area contributed by atoms with Crippen LogP contribution in [0.3, 0.4) is 0 Å². The topological polar surface area (TPSA) is 12.0 Å². The van der Waals surface area contributed by atoms with Crippen LogP contribution in [0.2, 0.25) is 10.0 Å². The van der Waals surface area contributed by atoms with Crippen molar-refractivity contribution in [2.75, 3.05) is 0 Å². The molecule has 3 heteroatoms. The van der Waals surface area contributed by atoms with Crippen molar-refractivity contribution in [3.8, 4) is 0 Å². The molecule has 0 fully saturated rings. The van der Waals surface area contributed by atoms with Crippen molar-refractivity contribution in [1.29, 1.82) is 0 Å². The van der Waals surface area contributed by atoms with E-state index in [0.29, 0.717) is 0 Å². The van der Waals surface area contributed by atoms with Crippen LogP contribution in [0.15, 0.2) is 72.8 Å². The molecule has 0 bridgehead atoms. The molecule has 0 saturated carbocycles. The fourth-order valence-electron chi connectivity index (χ4n) is 4.60. The lowest BCUT2D eigenvalue weighted by molar-refractivity contribution is 0.528. The highest BCUT2D eigenvalue weighted by Gasteiger charge is 2.32. The van der Waals surface area contributed by atoms with Crippen molar-refractivity contribution in [3.05, 3.63) is 116 Å². The summed E-state index contributed by atoms with van der Waals surface area (Å²) < 4.78 is 0. The molecule has 5 rings (SSSR count). The average molecular weight is 418 g/mol. The summed E-state index contributed by atoms with van der Waals surface area (Å²) in [4.78, 5) is 0. The second-order valence-corrected chi connectivity index (χ2v) is 8.70. The number of rotatable bonds is 2. The van der Waals surface area contributed by atoms with E-state index in [0.717, 1.165) is 10.0 Å². The van der Waals surface area contributed by atoms with Gasteiger partial charge in [0.2, 0.25) is 0 Å². The van der Waals surface area contributed by atoms with Gasteiger partial charge in [-0.15, -0.1) is 0 Å². The van der Waals surface area contributed by atoms with E-state index in [4.69, 9.17) is 23.2 Å². The van der Waals surface area contributed by atoms with E-state index in [2.05, 4.69) is 67.7 Å². The molecule has 0 radical (unpaired) electrons. The average Bonchev–Trinajstić information content (AvgIpc) is 2.73. The number of hydrogen-bond donors (Lipinski definition) is 1. The van der Waals surface area contributed by atoms with Crippen LogP contribution < -0.4 is 5.32 Å². The normalized spacial score (nSPS) is 18.2. The Kier molecular flexibility index (Phi) is 4.63. The molecule has 1 heterocycles. The summed E-state index contributed by atoms with van der Waals surface area (Å²) in [6.45, 7) is 4.40. The zero-order chi connectivity index (χ0) is 20.1. The maximum atomic E-state index is 6.17. The van der Waals surface area contributed by atoms with E-state index in [1.807, 2.05) is 24.3 Å². The number of aryl methyl sites for hydroxylation is 2. The second-order valence-electron chi connectivity index (χ2n) is 7.83. The molecule has 0 saturated heterocycles. The summed E-state index contributed by atoms with van der Waals surface area (Å²) in [5, 5.41) is 8.09. The molecule has 0 amide bonds. The predicted octanol–water partition coefficient (Wildman–Crippen LogP) is 7.55. The fourth-order valence-corrected chi connectivity index (χ4v) is 4.85. The van der Waals surface area contributed by atoms with Crippen LogP contribution in [0.25, 0.3) is 10.8 Å². The standard InChI is InChI=1S/C26H21Cl2N/c1-15-3-5-17-6-4-16(2)23-24(17)22(15)25(18-7-11-20(27)12-8-18)29-26(23)19-9-13-21(28)14-10-19/h3-14,25-26,29H,1-2H3/t25-,26-/m0/s1. The molecule has 1 nitrogen and oxygen atoms in total. The van der Waals surface area contributed by atoms with Gasteiger partial charge in [-0.25, -0.2) is 0 Å². The van der Waals surface area contributed by atoms with Gasteiger partial charge in [0, 0.05) is 10.0 Å². The van der Waals surface area contributed by atoms with E-state index in [-0.39, 0.29) is 12.1 Å². The van der Waals surface area contributed by atoms with Gasteiger partial charge in [-0.3, -0.25) is 5.32 Å². The van der Waals surface area contributed by atoms with Gasteiger partial charge in [-0.2, -0.15) is 0 Å². The summed E-state index contributed by atoms with van der Waals surface area (Å²) in [6, 6.07) is 25.5. The van der Waals surface area contributed by atoms with Crippen molar-refractivity contribution in [2.45, 2.75) is 25.9 Å². The van der Waals surface area contributed by atoms with Gasteiger partial charge >= 0.3 is 0 Å². The van der Waals surface area contributed by atoms with Gasteiger partial charge < -0.3 is 0 Å². The third-order valence-electron chi connectivity index (χ3n) is 6.02. The lowest BCUT2D eigenvalue weighted by atomic mass is 9.79. The van der Waals surface area contributed by atoms with Crippen LogP contribution >= 0.6 is 23.2 Å². The summed E-state index contributed by atoms with van der Waals surface area (Å²) in [6.07, 6.45) is 0. The lowest BCUT2D eigenvalue weighted by Gasteiger charge is -2.36. The molecule has 29 heavy (non-hydrogen) atoms. The number of benzene rings is 4. The molecule has 2 atom stereocenters. The van der Waals surface area contributed by atoms with Crippen LogP contribution in [0.1, 0.15) is 45.5 Å². The van der Waals surface area contributed by atoms with Crippen molar-refractivity contribution >= 4 is 34.0 Å². The first-order valence-electron chi connectivity index (χ1n) is 9.82. The first-order chi connectivity index (χ1) is 14.0. The number of nitrogens with one attached hydrogen (secondary N) is 1. The smallest absolute Gasteiger partial charge is 0.0592 e. The molecule has 0 unspecified atom stereocenters. The molecule has 4 aromatic carbocycles. The summed E-state index contributed by atoms with van der Waals surface area (Å²) >= 11 is 12.3. The molecule has 1 aliphatic rings. The Balaban J connectivity index is 1.82. The quantitative estimate of drug-likeness (QED) is 0.354. The van der Waals surface area contributed by atoms with E-state index < -0.39 is 0 Å². The molecule has 0 aromatic heterocycles. The van der Waals surface area contributed by atoms with Crippen molar-refractivity contribution in [3.63, 3.8) is 0 Å². The molecule has 0 aliphatic carbocycles. The number of hydrogen-bond acceptors (Lipinski definition) is 1. The van der Waals surface area contributed by atoms with Crippen molar-refractivity contribution < 1.29 is 0 Å². The van der Waals surface area contributed by atoms with E-state index in [1.54, 1.807) is 0 Å². The highest BCUT2D eigenvalue weighted by molar-refractivity contribution is 6.30. The summed E-state index contributed by atoms with van der Waals surface area (Å²) in [7, 11) is 0. The van der Waals surface area contributed by atoms with Crippen LogP contribution in [0.4, 0.5) is 0 Å². The Hall–Kier alpha value is -2.32. The zero-order valence-corrected chi connectivity index (χ0v) is 17.9. The van der Waals surface area contributed by atoms with Crippen LogP contribution in [0, 0.1) is 13.8 Å². The Morgan fingerprint density at radius 1 is 0.586 bits per heavy atom. The molecular formula is C26H21Cl2N. The van der Waals surface area contributed by atoms with Gasteiger partial charge in [0.05, 0.1) is 12.1 Å². The largest absolute Gasteiger partial charge is 0.295 e. The Morgan fingerprint density at radius 2 is 1.00 bits per heavy atom. The van der Waals surface area contributed by atoms with Gasteiger partial charge in [0.1, 0.15) is 0 Å². The Labute approximate surface area is 181 Å². The van der Waals surface area contributed by atoms with Crippen molar-refractivity contribution in [1.82, 2.24) is 5.32 Å². The first-order valence-corrected chi connectivity index (χ1v) is 10.6. The molecule has 1 N–H and O–H groups in total. The van der Waals surface area contributed by atoms with E-state index >= 15 is 0 Å². The minimum Gasteiger partial charge on any atom is -0.295 e. The Morgan fingerprint density at radius 3 is 1.41 bits per heavy atom. The summed E-state index contributed by atoms with van der Waals surface area (Å²) in [5.74, 6) is 0. The van der Waals surface area contributed by atoms with Gasteiger partial charge in [0.15, 0.2) is 0 Å². The van der Waals surface area contributed by atoms with Crippen LogP contribution in [-0.4, -0.2) is 0 Å². The highest BCUT2D eigenvalue weighted by atomic mass is 35.5. The van der Waals surface area contributed by atoms with Crippen LogP contribution in [0.5, 0.6) is 0 Å². The van der Waals surface area contributed by atoms with Gasteiger partial charge in [0.25, 0.3) is 0 Å². The van der Waals surface area contributed by atoms with Gasteiger partial charge in [-0.05, 0) is 82.3 Å². The number of halogens is 2. The fraction of sp³-hybridized carbons (Fsp3) is 0.154. The summed E-state index contributed by atoms with van der Waals surface area (Å²) in [5.41, 5.74) is 7.74. The predicted molar refractivity (Wildman–Crippen MR) is 123 cm³/mol. The third kappa shape index (κ3) is 3.14. The molecule has 4 aromatic rings. The highest BCUT2D eigenvalue weighted by Crippen LogP contribution is 2.44. The maximum absolute atomic E-state index is 6.17. The molecule has 0 spiro atoms. The van der Waals surface area contributed by atoms with Crippen LogP contribution in [-0.2, 0) is 0 Å². The molecule has 1 aliphatic heterocycles. The van der Waals surface area contributed by atoms with E-state index in [1.165, 1.54) is 44.2 Å². The van der Waals surface area contributed by atoms with Crippen molar-refractivity contribution in [2.24, 2.45) is 0 Å².